The molecule has 4 rings (SSSR count). The lowest BCUT2D eigenvalue weighted by Gasteiger charge is -2.51. The Balaban J connectivity index is 1.43. The van der Waals surface area contributed by atoms with E-state index in [4.69, 9.17) is 4.74 Å². The maximum atomic E-state index is 12.6. The Labute approximate surface area is 172 Å². The van der Waals surface area contributed by atoms with E-state index in [1.165, 1.54) is 5.57 Å². The number of aliphatic hydroxyl groups excluding tert-OH is 2. The van der Waals surface area contributed by atoms with Crippen LogP contribution < -0.4 is 5.32 Å². The SMILES string of the molecule is Cc1ccc(C(O)CNCC2C(=O)OC3CC4=CCCC(C)C4(C)C(O)C32)cn1. The third-order valence-corrected chi connectivity index (χ3v) is 7.59. The summed E-state index contributed by atoms with van der Waals surface area (Å²) in [5.74, 6) is -0.478. The summed E-state index contributed by atoms with van der Waals surface area (Å²) in [6, 6.07) is 3.73. The third-order valence-electron chi connectivity index (χ3n) is 7.59. The minimum absolute atomic E-state index is 0.212. The molecule has 3 aliphatic rings. The lowest BCUT2D eigenvalue weighted by Crippen LogP contribution is -2.54. The molecule has 6 nitrogen and oxygen atoms in total. The average molecular weight is 401 g/mol. The highest BCUT2D eigenvalue weighted by molar-refractivity contribution is 5.76. The Morgan fingerprint density at radius 2 is 2.21 bits per heavy atom. The zero-order chi connectivity index (χ0) is 20.8. The molecule has 0 aromatic carbocycles. The van der Waals surface area contributed by atoms with Crippen LogP contribution in [0.15, 0.2) is 30.0 Å². The fourth-order valence-electron chi connectivity index (χ4n) is 5.47. The number of carbonyl (C=O) groups excluding carboxylic acids is 1. The van der Waals surface area contributed by atoms with E-state index in [1.807, 2.05) is 19.1 Å². The third kappa shape index (κ3) is 3.51. The Kier molecular flexibility index (Phi) is 5.53. The van der Waals surface area contributed by atoms with Crippen molar-refractivity contribution in [2.45, 2.75) is 58.3 Å². The number of fused-ring (bicyclic) bond motifs is 2. The highest BCUT2D eigenvalue weighted by Crippen LogP contribution is 2.55. The van der Waals surface area contributed by atoms with Gasteiger partial charge in [-0.1, -0.05) is 31.6 Å². The molecule has 1 aromatic heterocycles. The van der Waals surface area contributed by atoms with Gasteiger partial charge >= 0.3 is 5.97 Å². The van der Waals surface area contributed by atoms with Gasteiger partial charge in [0.25, 0.3) is 0 Å². The maximum absolute atomic E-state index is 12.6. The number of nitrogens with one attached hydrogen (secondary N) is 1. The number of ether oxygens (including phenoxy) is 1. The molecule has 6 heteroatoms. The van der Waals surface area contributed by atoms with Gasteiger partial charge in [0.1, 0.15) is 6.10 Å². The quantitative estimate of drug-likeness (QED) is 0.519. The molecule has 2 fully saturated rings. The van der Waals surface area contributed by atoms with Crippen LogP contribution in [0, 0.1) is 30.1 Å². The zero-order valence-electron chi connectivity index (χ0n) is 17.5. The number of hydrogen-bond acceptors (Lipinski definition) is 6. The molecule has 1 aromatic rings. The molecule has 0 radical (unpaired) electrons. The number of pyridine rings is 1. The maximum Gasteiger partial charge on any atom is 0.311 e. The predicted molar refractivity (Wildman–Crippen MR) is 109 cm³/mol. The number of esters is 1. The first kappa shape index (κ1) is 20.5. The van der Waals surface area contributed by atoms with E-state index in [9.17, 15) is 15.0 Å². The Morgan fingerprint density at radius 3 is 2.93 bits per heavy atom. The molecule has 0 spiro atoms. The van der Waals surface area contributed by atoms with Gasteiger partial charge in [-0.15, -0.1) is 0 Å². The van der Waals surface area contributed by atoms with Crippen LogP contribution in [0.1, 0.15) is 50.5 Å². The summed E-state index contributed by atoms with van der Waals surface area (Å²) in [5, 5.41) is 25.0. The van der Waals surface area contributed by atoms with Crippen LogP contribution in [0.25, 0.3) is 0 Å². The smallest absolute Gasteiger partial charge is 0.311 e. The Bertz CT molecular complexity index is 793. The molecule has 2 aliphatic carbocycles. The fourth-order valence-corrected chi connectivity index (χ4v) is 5.47. The van der Waals surface area contributed by atoms with E-state index < -0.39 is 18.1 Å². The zero-order valence-corrected chi connectivity index (χ0v) is 17.5. The molecule has 7 atom stereocenters. The lowest BCUT2D eigenvalue weighted by molar-refractivity contribution is -0.144. The van der Waals surface area contributed by atoms with E-state index in [-0.39, 0.29) is 23.4 Å². The summed E-state index contributed by atoms with van der Waals surface area (Å²) in [5.41, 5.74) is 2.59. The summed E-state index contributed by atoms with van der Waals surface area (Å²) in [6.45, 7) is 6.95. The van der Waals surface area contributed by atoms with Crippen LogP contribution in [-0.4, -0.2) is 46.5 Å². The van der Waals surface area contributed by atoms with Crippen molar-refractivity contribution in [3.8, 4) is 0 Å². The van der Waals surface area contributed by atoms with E-state index >= 15 is 0 Å². The molecule has 0 amide bonds. The minimum Gasteiger partial charge on any atom is -0.461 e. The topological polar surface area (TPSA) is 91.7 Å². The second-order valence-corrected chi connectivity index (χ2v) is 9.21. The van der Waals surface area contributed by atoms with Crippen LogP contribution in [0.2, 0.25) is 0 Å². The molecule has 1 saturated carbocycles. The molecule has 1 aliphatic heterocycles. The van der Waals surface area contributed by atoms with Gasteiger partial charge in [-0.2, -0.15) is 0 Å². The Hall–Kier alpha value is -1.76. The summed E-state index contributed by atoms with van der Waals surface area (Å²) in [4.78, 5) is 16.8. The number of aromatic nitrogens is 1. The van der Waals surface area contributed by atoms with Crippen molar-refractivity contribution >= 4 is 5.97 Å². The van der Waals surface area contributed by atoms with Crippen LogP contribution >= 0.6 is 0 Å². The molecule has 0 bridgehead atoms. The summed E-state index contributed by atoms with van der Waals surface area (Å²) in [7, 11) is 0. The first-order chi connectivity index (χ1) is 13.8. The van der Waals surface area contributed by atoms with Crippen LogP contribution in [0.4, 0.5) is 0 Å². The van der Waals surface area contributed by atoms with E-state index in [0.29, 0.717) is 19.0 Å². The van der Waals surface area contributed by atoms with E-state index in [1.54, 1.807) is 6.20 Å². The van der Waals surface area contributed by atoms with Gasteiger partial charge in [0.05, 0.1) is 18.1 Å². The van der Waals surface area contributed by atoms with E-state index in [2.05, 4.69) is 30.2 Å². The molecule has 7 unspecified atom stereocenters. The van der Waals surface area contributed by atoms with Gasteiger partial charge < -0.3 is 20.3 Å². The fraction of sp³-hybridized carbons (Fsp3) is 0.652. The van der Waals surface area contributed by atoms with Crippen LogP contribution in [0.5, 0.6) is 0 Å². The van der Waals surface area contributed by atoms with Gasteiger partial charge in [0.15, 0.2) is 0 Å². The number of rotatable bonds is 5. The first-order valence-corrected chi connectivity index (χ1v) is 10.7. The lowest BCUT2D eigenvalue weighted by atomic mass is 9.55. The van der Waals surface area contributed by atoms with Gasteiger partial charge in [-0.3, -0.25) is 9.78 Å². The first-order valence-electron chi connectivity index (χ1n) is 10.7. The molecule has 1 saturated heterocycles. The summed E-state index contributed by atoms with van der Waals surface area (Å²) >= 11 is 0. The molecule has 3 N–H and O–H groups in total. The van der Waals surface area contributed by atoms with Gasteiger partial charge in [0.2, 0.25) is 0 Å². The highest BCUT2D eigenvalue weighted by atomic mass is 16.6. The Morgan fingerprint density at radius 1 is 1.41 bits per heavy atom. The molecular formula is C23H32N2O4. The second-order valence-electron chi connectivity index (χ2n) is 9.21. The number of nitrogens with zero attached hydrogens (tertiary/aromatic N) is 1. The molecule has 2 heterocycles. The van der Waals surface area contributed by atoms with Gasteiger partial charge in [-0.25, -0.2) is 0 Å². The van der Waals surface area contributed by atoms with Crippen LogP contribution in [-0.2, 0) is 9.53 Å². The number of carbonyl (C=O) groups is 1. The van der Waals surface area contributed by atoms with Crippen molar-refractivity contribution in [3.63, 3.8) is 0 Å². The normalized spacial score (nSPS) is 37.3. The summed E-state index contributed by atoms with van der Waals surface area (Å²) in [6.07, 6.45) is 5.17. The standard InChI is InChI=1S/C23H32N2O4/c1-13-5-4-6-16-9-19-20(21(27)23(13,16)3)17(22(28)29-19)11-24-12-18(26)15-8-7-14(2)25-10-15/h6-8,10,13,17-21,24,26-27H,4-5,9,11-12H2,1-3H3. The van der Waals surface area contributed by atoms with Crippen molar-refractivity contribution in [2.24, 2.45) is 23.2 Å². The van der Waals surface area contributed by atoms with Crippen molar-refractivity contribution in [3.05, 3.63) is 41.2 Å². The van der Waals surface area contributed by atoms with Crippen LogP contribution in [0.3, 0.4) is 0 Å². The monoisotopic (exact) mass is 400 g/mol. The molecular weight excluding hydrogens is 368 g/mol. The van der Waals surface area contributed by atoms with Crippen molar-refractivity contribution in [1.29, 1.82) is 0 Å². The van der Waals surface area contributed by atoms with Gasteiger partial charge in [0, 0.05) is 48.3 Å². The van der Waals surface area contributed by atoms with Crippen molar-refractivity contribution in [1.82, 2.24) is 10.3 Å². The van der Waals surface area contributed by atoms with Crippen molar-refractivity contribution in [2.75, 3.05) is 13.1 Å². The second kappa shape index (κ2) is 7.82. The summed E-state index contributed by atoms with van der Waals surface area (Å²) < 4.78 is 5.68. The highest BCUT2D eigenvalue weighted by Gasteiger charge is 2.59. The molecule has 29 heavy (non-hydrogen) atoms. The number of aliphatic hydroxyl groups is 2. The van der Waals surface area contributed by atoms with Crippen molar-refractivity contribution < 1.29 is 19.7 Å². The number of hydrogen-bond donors (Lipinski definition) is 3. The largest absolute Gasteiger partial charge is 0.461 e. The minimum atomic E-state index is -0.696. The number of allylic oxidation sites excluding steroid dienone is 1. The average Bonchev–Trinajstić information content (AvgIpc) is 3.00. The molecule has 158 valence electrons. The van der Waals surface area contributed by atoms with E-state index in [0.717, 1.165) is 30.5 Å². The predicted octanol–water partition coefficient (Wildman–Crippen LogP) is 2.30. The number of aryl methyl sites for hydroxylation is 1. The van der Waals surface area contributed by atoms with Gasteiger partial charge in [-0.05, 0) is 31.7 Å².